The molecule has 9 heteroatoms. The number of aldehydes is 1. The molecule has 190 valence electrons. The molecule has 34 heavy (non-hydrogen) atoms. The lowest BCUT2D eigenvalue weighted by atomic mass is 9.87. The molecule has 1 aromatic rings. The lowest BCUT2D eigenvalue weighted by Gasteiger charge is -2.31. The van der Waals surface area contributed by atoms with E-state index in [2.05, 4.69) is 0 Å². The molecule has 1 amide bonds. The first-order chi connectivity index (χ1) is 15.7. The summed E-state index contributed by atoms with van der Waals surface area (Å²) >= 11 is 0. The van der Waals surface area contributed by atoms with Crippen LogP contribution >= 0.6 is 0 Å². The third-order valence-electron chi connectivity index (χ3n) is 6.53. The van der Waals surface area contributed by atoms with Crippen molar-refractivity contribution in [3.63, 3.8) is 0 Å². The van der Waals surface area contributed by atoms with Gasteiger partial charge in [-0.3, -0.25) is 4.90 Å². The molecular weight excluding hydrogens is 458 g/mol. The minimum atomic E-state index is -3.53. The highest BCUT2D eigenvalue weighted by molar-refractivity contribution is 7.91. The van der Waals surface area contributed by atoms with E-state index in [0.29, 0.717) is 13.0 Å². The predicted octanol–water partition coefficient (Wildman–Crippen LogP) is 3.83. The van der Waals surface area contributed by atoms with Gasteiger partial charge in [0.05, 0.1) is 35.5 Å². The van der Waals surface area contributed by atoms with E-state index in [1.165, 1.54) is 0 Å². The maximum atomic E-state index is 13.0. The zero-order chi connectivity index (χ0) is 25.3. The van der Waals surface area contributed by atoms with Crippen molar-refractivity contribution in [2.75, 3.05) is 12.3 Å². The van der Waals surface area contributed by atoms with Crippen LogP contribution in [0, 0.1) is 11.8 Å². The van der Waals surface area contributed by atoms with E-state index >= 15 is 0 Å². The molecule has 2 heterocycles. The van der Waals surface area contributed by atoms with E-state index in [0.717, 1.165) is 6.29 Å². The van der Waals surface area contributed by atoms with Crippen molar-refractivity contribution in [3.8, 4) is 0 Å². The Kier molecular flexibility index (Phi) is 7.79. The Labute approximate surface area is 202 Å². The van der Waals surface area contributed by atoms with E-state index in [1.807, 2.05) is 41.5 Å². The van der Waals surface area contributed by atoms with Crippen molar-refractivity contribution >= 4 is 22.2 Å². The van der Waals surface area contributed by atoms with Crippen LogP contribution in [-0.4, -0.2) is 67.6 Å². The minimum absolute atomic E-state index is 0.0891. The fraction of sp³-hybridized carbons (Fsp3) is 0.680. The van der Waals surface area contributed by atoms with Gasteiger partial charge in [0.2, 0.25) is 0 Å². The van der Waals surface area contributed by atoms with Crippen molar-refractivity contribution in [3.05, 3.63) is 30.3 Å². The van der Waals surface area contributed by atoms with Gasteiger partial charge in [-0.2, -0.15) is 0 Å². The van der Waals surface area contributed by atoms with Gasteiger partial charge < -0.3 is 19.0 Å². The van der Waals surface area contributed by atoms with Crippen molar-refractivity contribution in [1.29, 1.82) is 0 Å². The standard InChI is InChI=1S/C25H37NO7S/c1-17-20(16-34(29,30)19-10-8-7-9-11-19)21(12-13-27)31-22(17)14-18-15-26(25(5,6)32-18)23(28)33-24(2,3)4/h7-11,13,17-18,20-22H,12,14-16H2,1-6H3/t17-,18+,20-,21+,22?/m1/s1. The Hall–Kier alpha value is -1.97. The van der Waals surface area contributed by atoms with E-state index in [-0.39, 0.29) is 41.1 Å². The second-order valence-electron chi connectivity index (χ2n) is 10.7. The minimum Gasteiger partial charge on any atom is -0.444 e. The van der Waals surface area contributed by atoms with Crippen LogP contribution in [0.2, 0.25) is 0 Å². The number of benzene rings is 1. The first-order valence-electron chi connectivity index (χ1n) is 11.8. The summed E-state index contributed by atoms with van der Waals surface area (Å²) in [5.74, 6) is -0.517. The van der Waals surface area contributed by atoms with Crippen molar-refractivity contribution in [2.45, 2.75) is 88.9 Å². The number of sulfone groups is 1. The van der Waals surface area contributed by atoms with Gasteiger partial charge in [-0.05, 0) is 52.7 Å². The summed E-state index contributed by atoms with van der Waals surface area (Å²) in [6.45, 7) is 11.4. The third-order valence-corrected chi connectivity index (χ3v) is 8.35. The van der Waals surface area contributed by atoms with Gasteiger partial charge in [0.1, 0.15) is 17.6 Å². The van der Waals surface area contributed by atoms with Gasteiger partial charge in [-0.25, -0.2) is 13.2 Å². The number of amides is 1. The fourth-order valence-electron chi connectivity index (χ4n) is 4.82. The largest absolute Gasteiger partial charge is 0.444 e. The number of nitrogens with zero attached hydrogens (tertiary/aromatic N) is 1. The molecule has 5 atom stereocenters. The molecule has 2 fully saturated rings. The van der Waals surface area contributed by atoms with Crippen LogP contribution in [0.5, 0.6) is 0 Å². The summed E-state index contributed by atoms with van der Waals surface area (Å²) in [4.78, 5) is 25.8. The van der Waals surface area contributed by atoms with E-state index in [4.69, 9.17) is 14.2 Å². The lowest BCUT2D eigenvalue weighted by Crippen LogP contribution is -2.46. The molecule has 0 spiro atoms. The smallest absolute Gasteiger partial charge is 0.412 e. The van der Waals surface area contributed by atoms with Crippen molar-refractivity contribution < 1.29 is 32.2 Å². The van der Waals surface area contributed by atoms with E-state index < -0.39 is 33.4 Å². The fourth-order valence-corrected chi connectivity index (χ4v) is 6.61. The summed E-state index contributed by atoms with van der Waals surface area (Å²) in [7, 11) is -3.53. The lowest BCUT2D eigenvalue weighted by molar-refractivity contribution is -0.111. The summed E-state index contributed by atoms with van der Waals surface area (Å²) in [5.41, 5.74) is -1.46. The van der Waals surface area contributed by atoms with Gasteiger partial charge >= 0.3 is 6.09 Å². The molecule has 2 saturated heterocycles. The Morgan fingerprint density at radius 3 is 2.44 bits per heavy atom. The molecule has 2 aliphatic rings. The zero-order valence-corrected chi connectivity index (χ0v) is 21.7. The summed E-state index contributed by atoms with van der Waals surface area (Å²) in [5, 5.41) is 0. The van der Waals surface area contributed by atoms with Gasteiger partial charge in [-0.1, -0.05) is 25.1 Å². The van der Waals surface area contributed by atoms with Crippen LogP contribution in [0.15, 0.2) is 35.2 Å². The highest BCUT2D eigenvalue weighted by Gasteiger charge is 2.48. The van der Waals surface area contributed by atoms with Gasteiger partial charge in [0.15, 0.2) is 9.84 Å². The SMILES string of the molecule is C[C@H]1C(C[C@H]2CN(C(=O)OC(C)(C)C)C(C)(C)O2)O[C@@H](CC=O)[C@@H]1CS(=O)(=O)c1ccccc1. The van der Waals surface area contributed by atoms with Crippen LogP contribution in [-0.2, 0) is 28.8 Å². The molecule has 0 saturated carbocycles. The first-order valence-corrected chi connectivity index (χ1v) is 13.4. The van der Waals surface area contributed by atoms with Gasteiger partial charge in [-0.15, -0.1) is 0 Å². The van der Waals surface area contributed by atoms with Crippen LogP contribution in [0.4, 0.5) is 4.79 Å². The number of rotatable bonds is 7. The Balaban J connectivity index is 1.71. The Bertz CT molecular complexity index is 971. The topological polar surface area (TPSA) is 99.2 Å². The number of carbonyl (C=O) groups is 2. The molecule has 0 radical (unpaired) electrons. The molecule has 1 aromatic carbocycles. The number of carbonyl (C=O) groups excluding carboxylic acids is 2. The molecule has 8 nitrogen and oxygen atoms in total. The summed E-state index contributed by atoms with van der Waals surface area (Å²) in [6.07, 6.45) is -0.102. The van der Waals surface area contributed by atoms with Gasteiger partial charge in [0.25, 0.3) is 0 Å². The highest BCUT2D eigenvalue weighted by atomic mass is 32.2. The highest BCUT2D eigenvalue weighted by Crippen LogP contribution is 2.40. The average Bonchev–Trinajstić information content (AvgIpc) is 3.18. The Morgan fingerprint density at radius 2 is 1.85 bits per heavy atom. The molecule has 0 bridgehead atoms. The van der Waals surface area contributed by atoms with Crippen LogP contribution in [0.3, 0.4) is 0 Å². The molecule has 3 rings (SSSR count). The van der Waals surface area contributed by atoms with Crippen LogP contribution in [0.25, 0.3) is 0 Å². The second kappa shape index (κ2) is 9.95. The predicted molar refractivity (Wildman–Crippen MR) is 127 cm³/mol. The summed E-state index contributed by atoms with van der Waals surface area (Å²) in [6, 6.07) is 8.34. The maximum absolute atomic E-state index is 13.0. The zero-order valence-electron chi connectivity index (χ0n) is 20.9. The number of ether oxygens (including phenoxy) is 3. The van der Waals surface area contributed by atoms with Crippen LogP contribution in [0.1, 0.15) is 54.4 Å². The summed E-state index contributed by atoms with van der Waals surface area (Å²) < 4.78 is 44.0. The molecule has 0 aliphatic carbocycles. The molecular formula is C25H37NO7S. The molecule has 2 aliphatic heterocycles. The second-order valence-corrected chi connectivity index (χ2v) is 12.8. The average molecular weight is 496 g/mol. The number of hydrogen-bond donors (Lipinski definition) is 0. The molecule has 0 N–H and O–H groups in total. The van der Waals surface area contributed by atoms with Crippen molar-refractivity contribution in [2.24, 2.45) is 11.8 Å². The molecule has 1 unspecified atom stereocenters. The quantitative estimate of drug-likeness (QED) is 0.530. The maximum Gasteiger partial charge on any atom is 0.412 e. The normalized spacial score (nSPS) is 29.2. The number of hydrogen-bond acceptors (Lipinski definition) is 7. The van der Waals surface area contributed by atoms with E-state index in [1.54, 1.807) is 35.2 Å². The first kappa shape index (κ1) is 26.6. The third kappa shape index (κ3) is 6.17. The van der Waals surface area contributed by atoms with E-state index in [9.17, 15) is 18.0 Å². The van der Waals surface area contributed by atoms with Gasteiger partial charge in [0, 0.05) is 18.8 Å². The molecule has 0 aromatic heterocycles. The monoisotopic (exact) mass is 495 g/mol. The Morgan fingerprint density at radius 1 is 1.21 bits per heavy atom. The van der Waals surface area contributed by atoms with Crippen LogP contribution < -0.4 is 0 Å². The van der Waals surface area contributed by atoms with Crippen molar-refractivity contribution in [1.82, 2.24) is 4.90 Å².